The monoisotopic (exact) mass is 376 g/mol. The van der Waals surface area contributed by atoms with Gasteiger partial charge in [0, 0.05) is 25.1 Å². The number of rotatable bonds is 5. The summed E-state index contributed by atoms with van der Waals surface area (Å²) >= 11 is 0. The first-order valence-corrected chi connectivity index (χ1v) is 9.81. The molecule has 28 heavy (non-hydrogen) atoms. The van der Waals surface area contributed by atoms with Crippen LogP contribution in [-0.2, 0) is 16.0 Å². The van der Waals surface area contributed by atoms with Gasteiger partial charge in [0.2, 0.25) is 11.8 Å². The second-order valence-corrected chi connectivity index (χ2v) is 7.09. The smallest absolute Gasteiger partial charge is 0.242 e. The number of carbonyl (C=O) groups excluding carboxylic acids is 2. The number of amides is 2. The first kappa shape index (κ1) is 18.2. The third kappa shape index (κ3) is 3.91. The lowest BCUT2D eigenvalue weighted by Crippen LogP contribution is -2.45. The minimum absolute atomic E-state index is 0.0811. The average molecular weight is 376 g/mol. The highest BCUT2D eigenvalue weighted by atomic mass is 16.2. The molecule has 2 aromatic carbocycles. The van der Waals surface area contributed by atoms with Gasteiger partial charge in [-0.1, -0.05) is 30.3 Å². The van der Waals surface area contributed by atoms with E-state index < -0.39 is 6.04 Å². The molecule has 1 aromatic heterocycles. The highest BCUT2D eigenvalue weighted by Gasteiger charge is 2.22. The van der Waals surface area contributed by atoms with E-state index in [9.17, 15) is 9.59 Å². The lowest BCUT2D eigenvalue weighted by Gasteiger charge is -2.15. The van der Waals surface area contributed by atoms with Crippen molar-refractivity contribution >= 4 is 22.8 Å². The molecule has 0 spiro atoms. The van der Waals surface area contributed by atoms with Crippen LogP contribution in [0.2, 0.25) is 0 Å². The fraction of sp³-hybridized carbons (Fsp3) is 0.318. The SMILES string of the molecule is O=C(CCc1nc2ccccc2n1-c1ccccc1)NC1CCCCNC1=O. The molecule has 4 rings (SSSR count). The van der Waals surface area contributed by atoms with E-state index >= 15 is 0 Å². The van der Waals surface area contributed by atoms with Crippen LogP contribution in [0.15, 0.2) is 54.6 Å². The molecule has 0 radical (unpaired) electrons. The van der Waals surface area contributed by atoms with Crippen molar-refractivity contribution in [1.29, 1.82) is 0 Å². The van der Waals surface area contributed by atoms with E-state index in [1.54, 1.807) is 0 Å². The molecule has 6 nitrogen and oxygen atoms in total. The van der Waals surface area contributed by atoms with Crippen LogP contribution in [0.1, 0.15) is 31.5 Å². The number of nitrogens with one attached hydrogen (secondary N) is 2. The molecule has 1 aliphatic heterocycles. The zero-order valence-corrected chi connectivity index (χ0v) is 15.7. The summed E-state index contributed by atoms with van der Waals surface area (Å²) in [5.74, 6) is 0.643. The summed E-state index contributed by atoms with van der Waals surface area (Å²) < 4.78 is 2.10. The van der Waals surface area contributed by atoms with Gasteiger partial charge in [-0.2, -0.15) is 0 Å². The zero-order chi connectivity index (χ0) is 19.3. The summed E-state index contributed by atoms with van der Waals surface area (Å²) in [5.41, 5.74) is 2.95. The van der Waals surface area contributed by atoms with Crippen molar-refractivity contribution in [3.63, 3.8) is 0 Å². The summed E-state index contributed by atoms with van der Waals surface area (Å²) in [6, 6.07) is 17.6. The minimum Gasteiger partial charge on any atom is -0.354 e. The van der Waals surface area contributed by atoms with E-state index in [4.69, 9.17) is 4.98 Å². The van der Waals surface area contributed by atoms with E-state index in [-0.39, 0.29) is 11.8 Å². The van der Waals surface area contributed by atoms with Crippen LogP contribution in [0.5, 0.6) is 0 Å². The first-order valence-electron chi connectivity index (χ1n) is 9.81. The Kier molecular flexibility index (Phi) is 5.37. The van der Waals surface area contributed by atoms with Crippen molar-refractivity contribution in [2.45, 2.75) is 38.1 Å². The summed E-state index contributed by atoms with van der Waals surface area (Å²) in [6.07, 6.45) is 3.39. The number of imidazole rings is 1. The molecule has 3 aromatic rings. The third-order valence-corrected chi connectivity index (χ3v) is 5.09. The van der Waals surface area contributed by atoms with Gasteiger partial charge in [-0.05, 0) is 43.5 Å². The molecule has 2 N–H and O–H groups in total. The van der Waals surface area contributed by atoms with E-state index in [0.717, 1.165) is 35.4 Å². The highest BCUT2D eigenvalue weighted by molar-refractivity contribution is 5.87. The fourth-order valence-corrected chi connectivity index (χ4v) is 3.68. The van der Waals surface area contributed by atoms with E-state index in [0.29, 0.717) is 25.8 Å². The molecule has 1 aliphatic rings. The van der Waals surface area contributed by atoms with Crippen molar-refractivity contribution < 1.29 is 9.59 Å². The van der Waals surface area contributed by atoms with Gasteiger partial charge in [0.15, 0.2) is 0 Å². The Labute approximate surface area is 164 Å². The van der Waals surface area contributed by atoms with Crippen molar-refractivity contribution in [2.75, 3.05) is 6.54 Å². The van der Waals surface area contributed by atoms with Gasteiger partial charge in [0.1, 0.15) is 11.9 Å². The van der Waals surface area contributed by atoms with Crippen LogP contribution in [0.3, 0.4) is 0 Å². The van der Waals surface area contributed by atoms with Crippen LogP contribution in [-0.4, -0.2) is 34.0 Å². The second-order valence-electron chi connectivity index (χ2n) is 7.09. The van der Waals surface area contributed by atoms with Gasteiger partial charge in [0.25, 0.3) is 0 Å². The van der Waals surface area contributed by atoms with E-state index in [2.05, 4.69) is 15.2 Å². The van der Waals surface area contributed by atoms with Crippen LogP contribution in [0.25, 0.3) is 16.7 Å². The Morgan fingerprint density at radius 3 is 2.75 bits per heavy atom. The standard InChI is InChI=1S/C22H24N4O2/c27-21(25-18-11-6-7-15-23-22(18)28)14-13-20-24-17-10-4-5-12-19(17)26(20)16-8-2-1-3-9-16/h1-5,8-10,12,18H,6-7,11,13-15H2,(H,23,28)(H,25,27). The molecule has 0 bridgehead atoms. The second kappa shape index (κ2) is 8.25. The Bertz CT molecular complexity index is 981. The molecular weight excluding hydrogens is 352 g/mol. The molecule has 6 heteroatoms. The van der Waals surface area contributed by atoms with Gasteiger partial charge in [-0.3, -0.25) is 14.2 Å². The zero-order valence-electron chi connectivity index (χ0n) is 15.7. The van der Waals surface area contributed by atoms with Gasteiger partial charge in [0.05, 0.1) is 11.0 Å². The molecule has 1 unspecified atom stereocenters. The number of fused-ring (bicyclic) bond motifs is 1. The summed E-state index contributed by atoms with van der Waals surface area (Å²) in [4.78, 5) is 29.3. The summed E-state index contributed by atoms with van der Waals surface area (Å²) in [7, 11) is 0. The number of aromatic nitrogens is 2. The number of hydrogen-bond donors (Lipinski definition) is 2. The predicted octanol–water partition coefficient (Wildman–Crippen LogP) is 2.74. The van der Waals surface area contributed by atoms with Gasteiger partial charge in [-0.15, -0.1) is 0 Å². The van der Waals surface area contributed by atoms with Crippen molar-refractivity contribution in [3.8, 4) is 5.69 Å². The maximum Gasteiger partial charge on any atom is 0.242 e. The normalized spacial score (nSPS) is 17.1. The van der Waals surface area contributed by atoms with Crippen molar-refractivity contribution in [3.05, 3.63) is 60.4 Å². The average Bonchev–Trinajstić information content (AvgIpc) is 2.98. The molecule has 0 saturated carbocycles. The van der Waals surface area contributed by atoms with Crippen LogP contribution < -0.4 is 10.6 Å². The third-order valence-electron chi connectivity index (χ3n) is 5.09. The van der Waals surface area contributed by atoms with Crippen molar-refractivity contribution in [2.24, 2.45) is 0 Å². The minimum atomic E-state index is -0.428. The summed E-state index contributed by atoms with van der Waals surface area (Å²) in [6.45, 7) is 0.687. The Morgan fingerprint density at radius 1 is 1.11 bits per heavy atom. The molecule has 2 heterocycles. The highest BCUT2D eigenvalue weighted by Crippen LogP contribution is 2.22. The summed E-state index contributed by atoms with van der Waals surface area (Å²) in [5, 5.41) is 5.74. The molecule has 0 aliphatic carbocycles. The molecule has 2 amide bonds. The molecular formula is C22H24N4O2. The number of benzene rings is 2. The van der Waals surface area contributed by atoms with Crippen LogP contribution in [0.4, 0.5) is 0 Å². The largest absolute Gasteiger partial charge is 0.354 e. The lowest BCUT2D eigenvalue weighted by molar-refractivity contribution is -0.128. The number of hydrogen-bond acceptors (Lipinski definition) is 3. The van der Waals surface area contributed by atoms with Crippen LogP contribution in [0, 0.1) is 0 Å². The number of para-hydroxylation sites is 3. The lowest BCUT2D eigenvalue weighted by atomic mass is 10.1. The maximum absolute atomic E-state index is 12.5. The Morgan fingerprint density at radius 2 is 1.89 bits per heavy atom. The number of carbonyl (C=O) groups is 2. The predicted molar refractivity (Wildman–Crippen MR) is 108 cm³/mol. The molecule has 1 fully saturated rings. The quantitative estimate of drug-likeness (QED) is 0.719. The fourth-order valence-electron chi connectivity index (χ4n) is 3.68. The van der Waals surface area contributed by atoms with E-state index in [1.807, 2.05) is 54.6 Å². The maximum atomic E-state index is 12.5. The van der Waals surface area contributed by atoms with Gasteiger partial charge >= 0.3 is 0 Å². The van der Waals surface area contributed by atoms with Gasteiger partial charge < -0.3 is 10.6 Å². The molecule has 1 atom stereocenters. The first-order chi connectivity index (χ1) is 13.7. The molecule has 1 saturated heterocycles. The van der Waals surface area contributed by atoms with Crippen molar-refractivity contribution in [1.82, 2.24) is 20.2 Å². The topological polar surface area (TPSA) is 76.0 Å². The van der Waals surface area contributed by atoms with Gasteiger partial charge in [-0.25, -0.2) is 4.98 Å². The Balaban J connectivity index is 1.52. The Hall–Kier alpha value is -3.15. The van der Waals surface area contributed by atoms with E-state index in [1.165, 1.54) is 0 Å². The molecule has 144 valence electrons. The number of nitrogens with zero attached hydrogens (tertiary/aromatic N) is 2. The van der Waals surface area contributed by atoms with Crippen LogP contribution >= 0.6 is 0 Å². The number of aryl methyl sites for hydroxylation is 1.